The zero-order valence-electron chi connectivity index (χ0n) is 10.7. The first kappa shape index (κ1) is 15.0. The van der Waals surface area contributed by atoms with Crippen molar-refractivity contribution in [3.05, 3.63) is 45.8 Å². The lowest BCUT2D eigenvalue weighted by molar-refractivity contribution is 0.0106. The first-order valence-corrected chi connectivity index (χ1v) is 6.76. The summed E-state index contributed by atoms with van der Waals surface area (Å²) in [4.78, 5) is 16.4. The number of rotatable bonds is 4. The van der Waals surface area contributed by atoms with Gasteiger partial charge in [-0.2, -0.15) is 0 Å². The van der Waals surface area contributed by atoms with Gasteiger partial charge in [-0.25, -0.2) is 10.3 Å². The molecule has 0 aliphatic carbocycles. The van der Waals surface area contributed by atoms with E-state index in [4.69, 9.17) is 32.8 Å². The fraction of sp³-hybridized carbons (Fsp3) is 0.308. The SMILES string of the molecule is CCOC(=O)OC1=CC(Cc2ccc(Cl)cc2Cl)ON1. The van der Waals surface area contributed by atoms with Crippen LogP contribution >= 0.6 is 23.2 Å². The highest BCUT2D eigenvalue weighted by Crippen LogP contribution is 2.24. The molecule has 108 valence electrons. The minimum absolute atomic E-state index is 0.207. The summed E-state index contributed by atoms with van der Waals surface area (Å²) in [5.74, 6) is 0.207. The summed E-state index contributed by atoms with van der Waals surface area (Å²) in [5.41, 5.74) is 3.40. The Morgan fingerprint density at radius 3 is 2.95 bits per heavy atom. The van der Waals surface area contributed by atoms with Crippen LogP contribution in [0, 0.1) is 0 Å². The predicted molar refractivity (Wildman–Crippen MR) is 74.4 cm³/mol. The second-order valence-electron chi connectivity index (χ2n) is 4.01. The lowest BCUT2D eigenvalue weighted by Crippen LogP contribution is -2.17. The Labute approximate surface area is 126 Å². The van der Waals surface area contributed by atoms with Crippen LogP contribution in [-0.2, 0) is 20.7 Å². The largest absolute Gasteiger partial charge is 0.515 e. The normalized spacial score (nSPS) is 17.4. The van der Waals surface area contributed by atoms with Gasteiger partial charge in [-0.15, -0.1) is 0 Å². The van der Waals surface area contributed by atoms with Crippen LogP contribution in [0.4, 0.5) is 4.79 Å². The summed E-state index contributed by atoms with van der Waals surface area (Å²) >= 11 is 11.9. The van der Waals surface area contributed by atoms with Crippen LogP contribution in [0.3, 0.4) is 0 Å². The molecule has 1 N–H and O–H groups in total. The zero-order valence-corrected chi connectivity index (χ0v) is 12.2. The van der Waals surface area contributed by atoms with E-state index in [-0.39, 0.29) is 18.6 Å². The van der Waals surface area contributed by atoms with E-state index >= 15 is 0 Å². The van der Waals surface area contributed by atoms with Crippen molar-refractivity contribution in [2.45, 2.75) is 19.4 Å². The molecule has 5 nitrogen and oxygen atoms in total. The maximum atomic E-state index is 11.1. The Balaban J connectivity index is 1.95. The van der Waals surface area contributed by atoms with E-state index in [1.165, 1.54) is 0 Å². The highest BCUT2D eigenvalue weighted by atomic mass is 35.5. The van der Waals surface area contributed by atoms with Crippen LogP contribution in [0.25, 0.3) is 0 Å². The number of hydrogen-bond acceptors (Lipinski definition) is 5. The quantitative estimate of drug-likeness (QED) is 0.862. The summed E-state index contributed by atoms with van der Waals surface area (Å²) in [5, 5.41) is 1.14. The van der Waals surface area contributed by atoms with Crippen LogP contribution < -0.4 is 5.48 Å². The standard InChI is InChI=1S/C13H13Cl2NO4/c1-2-18-13(17)19-12-7-10(20-16-12)5-8-3-4-9(14)6-11(8)15/h3-4,6-7,10,16H,2,5H2,1H3. The molecule has 0 bridgehead atoms. The number of carbonyl (C=O) groups is 1. The molecule has 0 saturated carbocycles. The van der Waals surface area contributed by atoms with Gasteiger partial charge in [0.2, 0.25) is 5.88 Å². The van der Waals surface area contributed by atoms with Crippen molar-refractivity contribution in [1.29, 1.82) is 0 Å². The molecular formula is C13H13Cl2NO4. The molecule has 20 heavy (non-hydrogen) atoms. The van der Waals surface area contributed by atoms with Crippen molar-refractivity contribution in [3.63, 3.8) is 0 Å². The summed E-state index contributed by atoms with van der Waals surface area (Å²) in [6, 6.07) is 5.25. The molecule has 2 rings (SSSR count). The van der Waals surface area contributed by atoms with Gasteiger partial charge in [0.1, 0.15) is 6.10 Å². The fourth-order valence-electron chi connectivity index (χ4n) is 1.67. The summed E-state index contributed by atoms with van der Waals surface area (Å²) < 4.78 is 9.54. The zero-order chi connectivity index (χ0) is 14.5. The molecule has 1 heterocycles. The smallest absolute Gasteiger partial charge is 0.434 e. The third-order valence-corrected chi connectivity index (χ3v) is 3.13. The van der Waals surface area contributed by atoms with Crippen LogP contribution in [-0.4, -0.2) is 18.9 Å². The van der Waals surface area contributed by atoms with Crippen LogP contribution in [0.1, 0.15) is 12.5 Å². The second-order valence-corrected chi connectivity index (χ2v) is 4.86. The summed E-state index contributed by atoms with van der Waals surface area (Å²) in [6.07, 6.45) is 1.10. The van der Waals surface area contributed by atoms with E-state index in [0.717, 1.165) is 5.56 Å². The van der Waals surface area contributed by atoms with E-state index < -0.39 is 6.16 Å². The number of ether oxygens (including phenoxy) is 2. The molecule has 1 unspecified atom stereocenters. The van der Waals surface area contributed by atoms with E-state index in [1.807, 2.05) is 6.07 Å². The molecule has 0 aromatic heterocycles. The first-order chi connectivity index (χ1) is 9.58. The van der Waals surface area contributed by atoms with Gasteiger partial charge in [0.05, 0.1) is 6.61 Å². The van der Waals surface area contributed by atoms with Gasteiger partial charge in [-0.3, -0.25) is 4.84 Å². The molecule has 1 aromatic rings. The van der Waals surface area contributed by atoms with Crippen molar-refractivity contribution < 1.29 is 19.1 Å². The maximum Gasteiger partial charge on any atom is 0.515 e. The lowest BCUT2D eigenvalue weighted by Gasteiger charge is -2.08. The number of carbonyl (C=O) groups excluding carboxylic acids is 1. The lowest BCUT2D eigenvalue weighted by atomic mass is 10.1. The van der Waals surface area contributed by atoms with Gasteiger partial charge < -0.3 is 9.47 Å². The van der Waals surface area contributed by atoms with Crippen LogP contribution in [0.2, 0.25) is 10.0 Å². The van der Waals surface area contributed by atoms with E-state index in [2.05, 4.69) is 10.2 Å². The van der Waals surface area contributed by atoms with Gasteiger partial charge in [0.15, 0.2) is 0 Å². The van der Waals surface area contributed by atoms with Crippen molar-refractivity contribution in [2.75, 3.05) is 6.61 Å². The molecule has 1 atom stereocenters. The minimum atomic E-state index is -0.778. The van der Waals surface area contributed by atoms with E-state index in [0.29, 0.717) is 16.5 Å². The molecule has 0 amide bonds. The molecule has 0 spiro atoms. The average Bonchev–Trinajstić information content (AvgIpc) is 2.80. The molecule has 0 fully saturated rings. The molecule has 7 heteroatoms. The molecule has 1 aliphatic heterocycles. The van der Waals surface area contributed by atoms with Crippen molar-refractivity contribution >= 4 is 29.4 Å². The number of hydroxylamine groups is 1. The number of nitrogens with one attached hydrogen (secondary N) is 1. The van der Waals surface area contributed by atoms with Gasteiger partial charge in [-0.1, -0.05) is 29.3 Å². The summed E-state index contributed by atoms with van der Waals surface area (Å²) in [6.45, 7) is 1.94. The number of benzene rings is 1. The third-order valence-electron chi connectivity index (χ3n) is 2.54. The highest BCUT2D eigenvalue weighted by Gasteiger charge is 2.21. The topological polar surface area (TPSA) is 56.8 Å². The van der Waals surface area contributed by atoms with E-state index in [1.54, 1.807) is 25.1 Å². The number of halogens is 2. The Morgan fingerprint density at radius 1 is 1.45 bits per heavy atom. The Bertz CT molecular complexity index is 533. The highest BCUT2D eigenvalue weighted by molar-refractivity contribution is 6.35. The van der Waals surface area contributed by atoms with Crippen molar-refractivity contribution in [3.8, 4) is 0 Å². The second kappa shape index (κ2) is 6.83. The molecule has 1 aromatic carbocycles. The van der Waals surface area contributed by atoms with Crippen LogP contribution in [0.5, 0.6) is 0 Å². The molecule has 0 saturated heterocycles. The average molecular weight is 318 g/mol. The Morgan fingerprint density at radius 2 is 2.25 bits per heavy atom. The monoisotopic (exact) mass is 317 g/mol. The van der Waals surface area contributed by atoms with E-state index in [9.17, 15) is 4.79 Å². The first-order valence-electron chi connectivity index (χ1n) is 6.00. The third kappa shape index (κ3) is 4.03. The van der Waals surface area contributed by atoms with Crippen molar-refractivity contribution in [2.24, 2.45) is 0 Å². The summed E-state index contributed by atoms with van der Waals surface area (Å²) in [7, 11) is 0. The predicted octanol–water partition coefficient (Wildman–Crippen LogP) is 3.45. The molecular weight excluding hydrogens is 305 g/mol. The minimum Gasteiger partial charge on any atom is -0.434 e. The van der Waals surface area contributed by atoms with Gasteiger partial charge in [0, 0.05) is 22.5 Å². The van der Waals surface area contributed by atoms with Crippen molar-refractivity contribution in [1.82, 2.24) is 5.48 Å². The molecule has 0 radical (unpaired) electrons. The number of hydrogen-bond donors (Lipinski definition) is 1. The van der Waals surface area contributed by atoms with Gasteiger partial charge >= 0.3 is 6.16 Å². The Kier molecular flexibility index (Phi) is 5.11. The fourth-order valence-corrected chi connectivity index (χ4v) is 2.15. The maximum absolute atomic E-state index is 11.1. The van der Waals surface area contributed by atoms with Crippen LogP contribution in [0.15, 0.2) is 30.2 Å². The Hall–Kier alpha value is -1.43. The van der Waals surface area contributed by atoms with Gasteiger partial charge in [0.25, 0.3) is 0 Å². The van der Waals surface area contributed by atoms with Gasteiger partial charge in [-0.05, 0) is 24.6 Å². The molecule has 1 aliphatic rings.